The monoisotopic (exact) mass is 308 g/mol. The van der Waals surface area contributed by atoms with E-state index in [9.17, 15) is 14.4 Å². The number of amides is 2. The smallest absolute Gasteiger partial charge is 0.338 e. The van der Waals surface area contributed by atoms with Gasteiger partial charge in [-0.25, -0.2) is 4.79 Å². The van der Waals surface area contributed by atoms with Gasteiger partial charge in [0, 0.05) is 6.54 Å². The van der Waals surface area contributed by atoms with Gasteiger partial charge in [0.25, 0.3) is 5.91 Å². The Balaban J connectivity index is 1.77. The van der Waals surface area contributed by atoms with E-state index >= 15 is 0 Å². The molecule has 0 fully saturated rings. The molecule has 2 amide bonds. The Morgan fingerprint density at radius 2 is 1.91 bits per heavy atom. The van der Waals surface area contributed by atoms with Crippen molar-refractivity contribution in [3.63, 3.8) is 0 Å². The minimum absolute atomic E-state index is 0.107. The van der Waals surface area contributed by atoms with Crippen LogP contribution in [0.25, 0.3) is 0 Å². The van der Waals surface area contributed by atoms with Crippen molar-refractivity contribution in [3.8, 4) is 11.5 Å². The Bertz CT molecular complexity index is 587. The predicted octanol–water partition coefficient (Wildman–Crippen LogP) is -0.176. The van der Waals surface area contributed by atoms with E-state index in [4.69, 9.17) is 14.2 Å². The van der Waals surface area contributed by atoms with Gasteiger partial charge in [0.2, 0.25) is 12.7 Å². The highest BCUT2D eigenvalue weighted by atomic mass is 16.7. The fourth-order valence-electron chi connectivity index (χ4n) is 1.73. The zero-order valence-electron chi connectivity index (χ0n) is 12.0. The number of carbonyl (C=O) groups is 3. The van der Waals surface area contributed by atoms with E-state index in [0.717, 1.165) is 0 Å². The zero-order chi connectivity index (χ0) is 15.9. The summed E-state index contributed by atoms with van der Waals surface area (Å²) in [6.07, 6.45) is 0. The van der Waals surface area contributed by atoms with Crippen LogP contribution >= 0.6 is 0 Å². The standard InChI is InChI=1S/C14H16N2O6/c1-2-15-12(17)6-16-13(18)7-20-14(19)9-3-4-10-11(5-9)22-8-21-10/h3-5H,2,6-8H2,1H3,(H,15,17)(H,16,18). The van der Waals surface area contributed by atoms with Crippen molar-refractivity contribution in [3.05, 3.63) is 23.8 Å². The molecule has 2 N–H and O–H groups in total. The molecule has 2 rings (SSSR count). The topological polar surface area (TPSA) is 103 Å². The van der Waals surface area contributed by atoms with Crippen LogP contribution in [0.2, 0.25) is 0 Å². The van der Waals surface area contributed by atoms with Crippen LogP contribution in [0.15, 0.2) is 18.2 Å². The molecule has 1 aromatic carbocycles. The van der Waals surface area contributed by atoms with Gasteiger partial charge in [-0.3, -0.25) is 9.59 Å². The van der Waals surface area contributed by atoms with Crippen LogP contribution in [0.3, 0.4) is 0 Å². The number of likely N-dealkylation sites (N-methyl/N-ethyl adjacent to an activating group) is 1. The van der Waals surface area contributed by atoms with E-state index in [2.05, 4.69) is 10.6 Å². The summed E-state index contributed by atoms with van der Waals surface area (Å²) in [6.45, 7) is 1.73. The summed E-state index contributed by atoms with van der Waals surface area (Å²) in [5.74, 6) is -0.517. The van der Waals surface area contributed by atoms with Crippen LogP contribution < -0.4 is 20.1 Å². The fraction of sp³-hybridized carbons (Fsp3) is 0.357. The molecule has 118 valence electrons. The second-order valence-corrected chi connectivity index (χ2v) is 4.37. The number of hydrogen-bond donors (Lipinski definition) is 2. The highest BCUT2D eigenvalue weighted by Crippen LogP contribution is 2.32. The van der Waals surface area contributed by atoms with Crippen molar-refractivity contribution >= 4 is 17.8 Å². The minimum atomic E-state index is -0.661. The highest BCUT2D eigenvalue weighted by Gasteiger charge is 2.17. The predicted molar refractivity (Wildman–Crippen MR) is 74.5 cm³/mol. The van der Waals surface area contributed by atoms with Crippen molar-refractivity contribution in [1.82, 2.24) is 10.6 Å². The van der Waals surface area contributed by atoms with Crippen LogP contribution in [0.1, 0.15) is 17.3 Å². The molecule has 0 saturated heterocycles. The molecule has 1 aromatic rings. The molecule has 0 saturated carbocycles. The van der Waals surface area contributed by atoms with Crippen LogP contribution in [0.5, 0.6) is 11.5 Å². The number of fused-ring (bicyclic) bond motifs is 1. The molecule has 1 aliphatic heterocycles. The zero-order valence-corrected chi connectivity index (χ0v) is 12.0. The number of rotatable bonds is 6. The van der Waals surface area contributed by atoms with E-state index in [0.29, 0.717) is 18.0 Å². The van der Waals surface area contributed by atoms with Gasteiger partial charge in [0.1, 0.15) is 0 Å². The second-order valence-electron chi connectivity index (χ2n) is 4.37. The molecular weight excluding hydrogens is 292 g/mol. The molecule has 0 aromatic heterocycles. The third-order valence-electron chi connectivity index (χ3n) is 2.76. The maximum absolute atomic E-state index is 11.8. The molecule has 1 aliphatic rings. The van der Waals surface area contributed by atoms with Gasteiger partial charge >= 0.3 is 5.97 Å². The van der Waals surface area contributed by atoms with Gasteiger partial charge in [-0.15, -0.1) is 0 Å². The quantitative estimate of drug-likeness (QED) is 0.707. The number of carbonyl (C=O) groups excluding carboxylic acids is 3. The van der Waals surface area contributed by atoms with Gasteiger partial charge < -0.3 is 24.8 Å². The first kappa shape index (κ1) is 15.6. The molecule has 0 atom stereocenters. The number of ether oxygens (including phenoxy) is 3. The molecule has 0 spiro atoms. The second kappa shape index (κ2) is 7.30. The van der Waals surface area contributed by atoms with Gasteiger partial charge in [0.05, 0.1) is 12.1 Å². The third-order valence-corrected chi connectivity index (χ3v) is 2.76. The molecule has 8 nitrogen and oxygen atoms in total. The average molecular weight is 308 g/mol. The Hall–Kier alpha value is -2.77. The SMILES string of the molecule is CCNC(=O)CNC(=O)COC(=O)c1ccc2c(c1)OCO2. The van der Waals surface area contributed by atoms with Crippen molar-refractivity contribution in [2.75, 3.05) is 26.5 Å². The normalized spacial score (nSPS) is 11.7. The third kappa shape index (κ3) is 4.11. The minimum Gasteiger partial charge on any atom is -0.454 e. The summed E-state index contributed by atoms with van der Waals surface area (Å²) in [5, 5.41) is 4.87. The lowest BCUT2D eigenvalue weighted by molar-refractivity contribution is -0.127. The molecule has 0 radical (unpaired) electrons. The van der Waals surface area contributed by atoms with E-state index in [1.807, 2.05) is 0 Å². The van der Waals surface area contributed by atoms with Crippen LogP contribution in [-0.4, -0.2) is 44.3 Å². The van der Waals surface area contributed by atoms with Gasteiger partial charge in [0.15, 0.2) is 18.1 Å². The summed E-state index contributed by atoms with van der Waals surface area (Å²) in [5.41, 5.74) is 0.251. The lowest BCUT2D eigenvalue weighted by Crippen LogP contribution is -2.38. The molecule has 0 unspecified atom stereocenters. The number of hydrogen-bond acceptors (Lipinski definition) is 6. The maximum Gasteiger partial charge on any atom is 0.338 e. The molecular formula is C14H16N2O6. The van der Waals surface area contributed by atoms with Crippen molar-refractivity contribution in [2.45, 2.75) is 6.92 Å². The largest absolute Gasteiger partial charge is 0.454 e. The van der Waals surface area contributed by atoms with E-state index in [-0.39, 0.29) is 24.8 Å². The summed E-state index contributed by atoms with van der Waals surface area (Å²) in [4.78, 5) is 34.4. The Kier molecular flexibility index (Phi) is 5.18. The van der Waals surface area contributed by atoms with E-state index in [1.54, 1.807) is 13.0 Å². The van der Waals surface area contributed by atoms with Crippen molar-refractivity contribution < 1.29 is 28.6 Å². The number of nitrogens with one attached hydrogen (secondary N) is 2. The summed E-state index contributed by atoms with van der Waals surface area (Å²) in [7, 11) is 0. The van der Waals surface area contributed by atoms with Crippen LogP contribution in [0.4, 0.5) is 0 Å². The summed E-state index contributed by atoms with van der Waals surface area (Å²) in [6, 6.07) is 4.59. The van der Waals surface area contributed by atoms with Crippen molar-refractivity contribution in [2.24, 2.45) is 0 Å². The lowest BCUT2D eigenvalue weighted by atomic mass is 10.2. The molecule has 0 aliphatic carbocycles. The van der Waals surface area contributed by atoms with Crippen LogP contribution in [0, 0.1) is 0 Å². The van der Waals surface area contributed by atoms with E-state index in [1.165, 1.54) is 12.1 Å². The first-order valence-electron chi connectivity index (χ1n) is 6.70. The van der Waals surface area contributed by atoms with Gasteiger partial charge in [-0.1, -0.05) is 0 Å². The Morgan fingerprint density at radius 3 is 2.68 bits per heavy atom. The lowest BCUT2D eigenvalue weighted by Gasteiger charge is -2.07. The first-order chi connectivity index (χ1) is 10.6. The maximum atomic E-state index is 11.8. The summed E-state index contributed by atoms with van der Waals surface area (Å²) < 4.78 is 15.1. The highest BCUT2D eigenvalue weighted by molar-refractivity contribution is 5.92. The van der Waals surface area contributed by atoms with Crippen molar-refractivity contribution in [1.29, 1.82) is 0 Å². The summed E-state index contributed by atoms with van der Waals surface area (Å²) >= 11 is 0. The fourth-order valence-corrected chi connectivity index (χ4v) is 1.73. The van der Waals surface area contributed by atoms with Crippen LogP contribution in [-0.2, 0) is 14.3 Å². The first-order valence-corrected chi connectivity index (χ1v) is 6.70. The number of benzene rings is 1. The van der Waals surface area contributed by atoms with Gasteiger partial charge in [-0.05, 0) is 25.1 Å². The average Bonchev–Trinajstić information content (AvgIpc) is 2.98. The van der Waals surface area contributed by atoms with E-state index < -0.39 is 18.5 Å². The molecule has 0 bridgehead atoms. The molecule has 22 heavy (non-hydrogen) atoms. The number of esters is 1. The Labute approximate surface area is 126 Å². The van der Waals surface area contributed by atoms with Gasteiger partial charge in [-0.2, -0.15) is 0 Å². The molecule has 8 heteroatoms. The Morgan fingerprint density at radius 1 is 1.14 bits per heavy atom. The molecule has 1 heterocycles.